The Bertz CT molecular complexity index is 775. The molecule has 0 aliphatic carbocycles. The molecule has 0 saturated heterocycles. The van der Waals surface area contributed by atoms with Crippen molar-refractivity contribution in [2.75, 3.05) is 6.54 Å². The van der Waals surface area contributed by atoms with Crippen LogP contribution in [0.5, 0.6) is 0 Å². The number of oxime groups is 1. The fraction of sp³-hybridized carbons (Fsp3) is 0.350. The summed E-state index contributed by atoms with van der Waals surface area (Å²) in [5, 5.41) is 4.15. The van der Waals surface area contributed by atoms with Crippen molar-refractivity contribution in [3.63, 3.8) is 0 Å². The average molecular weight is 355 g/mol. The normalized spacial score (nSPS) is 16.3. The molecule has 0 saturated carbocycles. The first-order valence-electron chi connectivity index (χ1n) is 8.69. The molecule has 0 N–H and O–H groups in total. The van der Waals surface area contributed by atoms with Gasteiger partial charge in [0.25, 0.3) is 0 Å². The molecule has 1 aliphatic heterocycles. The number of halogens is 1. The van der Waals surface area contributed by atoms with Gasteiger partial charge in [0.15, 0.2) is 6.10 Å². The third-order valence-electron chi connectivity index (χ3n) is 4.24. The molecule has 26 heavy (non-hydrogen) atoms. The van der Waals surface area contributed by atoms with Crippen LogP contribution in [0.25, 0.3) is 0 Å². The number of aromatic nitrogens is 1. The molecule has 3 rings (SSSR count). The quantitative estimate of drug-likeness (QED) is 0.798. The number of pyridine rings is 1. The van der Waals surface area contributed by atoms with Crippen molar-refractivity contribution < 1.29 is 14.0 Å². The van der Waals surface area contributed by atoms with E-state index in [1.54, 1.807) is 29.4 Å². The van der Waals surface area contributed by atoms with Crippen LogP contribution >= 0.6 is 0 Å². The lowest BCUT2D eigenvalue weighted by atomic mass is 10.1. The Morgan fingerprint density at radius 1 is 1.31 bits per heavy atom. The van der Waals surface area contributed by atoms with E-state index < -0.39 is 0 Å². The second-order valence-corrected chi connectivity index (χ2v) is 6.71. The molecule has 0 unspecified atom stereocenters. The van der Waals surface area contributed by atoms with Gasteiger partial charge in [0.1, 0.15) is 5.82 Å². The van der Waals surface area contributed by atoms with Gasteiger partial charge in [-0.1, -0.05) is 31.1 Å². The highest BCUT2D eigenvalue weighted by Crippen LogP contribution is 2.19. The molecule has 0 fully saturated rings. The third kappa shape index (κ3) is 4.45. The van der Waals surface area contributed by atoms with Gasteiger partial charge in [0.05, 0.1) is 12.3 Å². The van der Waals surface area contributed by atoms with Crippen molar-refractivity contribution >= 4 is 11.6 Å². The van der Waals surface area contributed by atoms with Gasteiger partial charge in [-0.05, 0) is 29.8 Å². The average Bonchev–Trinajstić information content (AvgIpc) is 3.11. The fourth-order valence-electron chi connectivity index (χ4n) is 2.88. The van der Waals surface area contributed by atoms with Crippen LogP contribution in [0.1, 0.15) is 31.4 Å². The fourth-order valence-corrected chi connectivity index (χ4v) is 2.88. The van der Waals surface area contributed by atoms with Crippen molar-refractivity contribution in [1.82, 2.24) is 9.88 Å². The van der Waals surface area contributed by atoms with Crippen LogP contribution in [0, 0.1) is 11.7 Å². The van der Waals surface area contributed by atoms with Gasteiger partial charge in [0, 0.05) is 36.8 Å². The standard InChI is InChI=1S/C20H22FN3O2/c1-14(2)20(25)24(12-15-5-7-17(21)8-6-15)13-18-10-19(23-26-18)16-4-3-9-22-11-16/h3-9,11,14,18H,10,12-13H2,1-2H3/t18-/m1/s1. The number of hydrogen-bond donors (Lipinski definition) is 0. The number of carbonyl (C=O) groups is 1. The topological polar surface area (TPSA) is 54.8 Å². The van der Waals surface area contributed by atoms with Crippen LogP contribution in [-0.4, -0.2) is 34.2 Å². The van der Waals surface area contributed by atoms with Crippen molar-refractivity contribution in [3.8, 4) is 0 Å². The lowest BCUT2D eigenvalue weighted by Gasteiger charge is -2.26. The van der Waals surface area contributed by atoms with Crippen LogP contribution in [0.3, 0.4) is 0 Å². The van der Waals surface area contributed by atoms with E-state index in [0.717, 1.165) is 16.8 Å². The number of hydrogen-bond acceptors (Lipinski definition) is 4. The van der Waals surface area contributed by atoms with Crippen molar-refractivity contribution in [2.24, 2.45) is 11.1 Å². The summed E-state index contributed by atoms with van der Waals surface area (Å²) in [6.07, 6.45) is 3.88. The molecular formula is C20H22FN3O2. The minimum atomic E-state index is -0.288. The van der Waals surface area contributed by atoms with Crippen LogP contribution < -0.4 is 0 Å². The number of nitrogens with zero attached hydrogens (tertiary/aromatic N) is 3. The van der Waals surface area contributed by atoms with Crippen molar-refractivity contribution in [3.05, 3.63) is 65.7 Å². The highest BCUT2D eigenvalue weighted by Gasteiger charge is 2.27. The van der Waals surface area contributed by atoms with Crippen LogP contribution in [0.2, 0.25) is 0 Å². The maximum absolute atomic E-state index is 13.1. The van der Waals surface area contributed by atoms with Gasteiger partial charge < -0.3 is 9.74 Å². The second-order valence-electron chi connectivity index (χ2n) is 6.71. The van der Waals surface area contributed by atoms with Gasteiger partial charge in [-0.25, -0.2) is 4.39 Å². The van der Waals surface area contributed by atoms with E-state index in [0.29, 0.717) is 19.5 Å². The molecule has 0 bridgehead atoms. The van der Waals surface area contributed by atoms with Gasteiger partial charge in [-0.2, -0.15) is 0 Å². The zero-order valence-electron chi connectivity index (χ0n) is 14.9. The summed E-state index contributed by atoms with van der Waals surface area (Å²) >= 11 is 0. The first-order valence-corrected chi connectivity index (χ1v) is 8.69. The maximum Gasteiger partial charge on any atom is 0.225 e. The molecule has 1 atom stereocenters. The summed E-state index contributed by atoms with van der Waals surface area (Å²) < 4.78 is 13.1. The Labute approximate surface area is 152 Å². The first kappa shape index (κ1) is 18.0. The zero-order valence-corrected chi connectivity index (χ0v) is 14.9. The zero-order chi connectivity index (χ0) is 18.5. The highest BCUT2D eigenvalue weighted by molar-refractivity contribution is 6.01. The van der Waals surface area contributed by atoms with E-state index in [-0.39, 0.29) is 23.7 Å². The number of rotatable bonds is 6. The number of amides is 1. The maximum atomic E-state index is 13.1. The predicted molar refractivity (Wildman–Crippen MR) is 96.9 cm³/mol. The minimum absolute atomic E-state index is 0.0350. The minimum Gasteiger partial charge on any atom is -0.390 e. The van der Waals surface area contributed by atoms with E-state index >= 15 is 0 Å². The van der Waals surface area contributed by atoms with E-state index in [1.807, 2.05) is 26.0 Å². The molecule has 1 aliphatic rings. The predicted octanol–water partition coefficient (Wildman–Crippen LogP) is 3.40. The smallest absolute Gasteiger partial charge is 0.225 e. The van der Waals surface area contributed by atoms with Gasteiger partial charge in [-0.3, -0.25) is 9.78 Å². The third-order valence-corrected chi connectivity index (χ3v) is 4.24. The van der Waals surface area contributed by atoms with E-state index in [4.69, 9.17) is 4.84 Å². The molecule has 6 heteroatoms. The van der Waals surface area contributed by atoms with Crippen LogP contribution in [-0.2, 0) is 16.2 Å². The molecule has 1 aromatic carbocycles. The first-order chi connectivity index (χ1) is 12.5. The molecule has 1 aromatic heterocycles. The molecule has 0 spiro atoms. The number of benzene rings is 1. The monoisotopic (exact) mass is 355 g/mol. The van der Waals surface area contributed by atoms with Crippen molar-refractivity contribution in [1.29, 1.82) is 0 Å². The Hall–Kier alpha value is -2.76. The largest absolute Gasteiger partial charge is 0.390 e. The van der Waals surface area contributed by atoms with Crippen molar-refractivity contribution in [2.45, 2.75) is 32.9 Å². The molecule has 2 heterocycles. The molecule has 0 radical (unpaired) electrons. The summed E-state index contributed by atoms with van der Waals surface area (Å²) in [5.74, 6) is -0.382. The molecular weight excluding hydrogens is 333 g/mol. The molecule has 2 aromatic rings. The van der Waals surface area contributed by atoms with E-state index in [1.165, 1.54) is 12.1 Å². The summed E-state index contributed by atoms with van der Waals surface area (Å²) in [5.41, 5.74) is 2.64. The summed E-state index contributed by atoms with van der Waals surface area (Å²) in [7, 11) is 0. The lowest BCUT2D eigenvalue weighted by molar-refractivity contribution is -0.136. The Morgan fingerprint density at radius 2 is 2.08 bits per heavy atom. The summed E-state index contributed by atoms with van der Waals surface area (Å²) in [4.78, 5) is 24.0. The second kappa shape index (κ2) is 8.08. The van der Waals surface area contributed by atoms with E-state index in [9.17, 15) is 9.18 Å². The Morgan fingerprint density at radius 3 is 2.73 bits per heavy atom. The van der Waals surface area contributed by atoms with E-state index in [2.05, 4.69) is 10.1 Å². The molecule has 1 amide bonds. The Kier molecular flexibility index (Phi) is 5.61. The van der Waals surface area contributed by atoms with Gasteiger partial charge in [-0.15, -0.1) is 0 Å². The van der Waals surface area contributed by atoms with Gasteiger partial charge in [0.2, 0.25) is 5.91 Å². The Balaban J connectivity index is 1.67. The lowest BCUT2D eigenvalue weighted by Crippen LogP contribution is -2.39. The van der Waals surface area contributed by atoms with Crippen LogP contribution in [0.4, 0.5) is 4.39 Å². The van der Waals surface area contributed by atoms with Gasteiger partial charge >= 0.3 is 0 Å². The van der Waals surface area contributed by atoms with Crippen LogP contribution in [0.15, 0.2) is 53.9 Å². The summed E-state index contributed by atoms with van der Waals surface area (Å²) in [6, 6.07) is 10.00. The molecule has 136 valence electrons. The SMILES string of the molecule is CC(C)C(=O)N(Cc1ccc(F)cc1)C[C@H]1CC(c2cccnc2)=NO1. The highest BCUT2D eigenvalue weighted by atomic mass is 19.1. The summed E-state index contributed by atoms with van der Waals surface area (Å²) in [6.45, 7) is 4.58. The number of carbonyl (C=O) groups excluding carboxylic acids is 1. The molecule has 5 nitrogen and oxygen atoms in total.